The van der Waals surface area contributed by atoms with Crippen LogP contribution in [0.4, 0.5) is 0 Å². The Bertz CT molecular complexity index is 214. The SMILES string of the molecule is O=C(C1COCCN1)N1CC=CC1. The minimum Gasteiger partial charge on any atom is -0.378 e. The van der Waals surface area contributed by atoms with E-state index < -0.39 is 0 Å². The van der Waals surface area contributed by atoms with Gasteiger partial charge in [-0.3, -0.25) is 4.79 Å². The first-order valence-corrected chi connectivity index (χ1v) is 4.63. The molecule has 1 N–H and O–H groups in total. The fraction of sp³-hybridized carbons (Fsp3) is 0.667. The molecule has 0 aromatic carbocycles. The van der Waals surface area contributed by atoms with Crippen LogP contribution in [0.15, 0.2) is 12.2 Å². The molecule has 1 saturated heterocycles. The summed E-state index contributed by atoms with van der Waals surface area (Å²) < 4.78 is 5.23. The average Bonchev–Trinajstić information content (AvgIpc) is 2.71. The lowest BCUT2D eigenvalue weighted by Gasteiger charge is -2.27. The van der Waals surface area contributed by atoms with E-state index in [1.807, 2.05) is 17.1 Å². The summed E-state index contributed by atoms with van der Waals surface area (Å²) in [5.41, 5.74) is 0. The zero-order valence-electron chi connectivity index (χ0n) is 7.53. The van der Waals surface area contributed by atoms with E-state index in [-0.39, 0.29) is 11.9 Å². The Morgan fingerprint density at radius 2 is 2.23 bits per heavy atom. The highest BCUT2D eigenvalue weighted by Gasteiger charge is 2.26. The van der Waals surface area contributed by atoms with Gasteiger partial charge in [0, 0.05) is 19.6 Å². The summed E-state index contributed by atoms with van der Waals surface area (Å²) in [6.07, 6.45) is 4.03. The third-order valence-electron chi connectivity index (χ3n) is 2.35. The third-order valence-corrected chi connectivity index (χ3v) is 2.35. The van der Waals surface area contributed by atoms with Gasteiger partial charge in [0.15, 0.2) is 0 Å². The van der Waals surface area contributed by atoms with E-state index in [4.69, 9.17) is 4.74 Å². The van der Waals surface area contributed by atoms with Gasteiger partial charge in [-0.15, -0.1) is 0 Å². The molecule has 4 nitrogen and oxygen atoms in total. The van der Waals surface area contributed by atoms with Gasteiger partial charge in [-0.05, 0) is 0 Å². The maximum atomic E-state index is 11.7. The lowest BCUT2D eigenvalue weighted by atomic mass is 10.2. The summed E-state index contributed by atoms with van der Waals surface area (Å²) in [6, 6.07) is -0.131. The summed E-state index contributed by atoms with van der Waals surface area (Å²) in [5.74, 6) is 0.157. The highest BCUT2D eigenvalue weighted by molar-refractivity contribution is 5.82. The lowest BCUT2D eigenvalue weighted by molar-refractivity contribution is -0.134. The van der Waals surface area contributed by atoms with Gasteiger partial charge in [0.1, 0.15) is 6.04 Å². The number of nitrogens with one attached hydrogen (secondary N) is 1. The molecule has 0 radical (unpaired) electrons. The predicted octanol–water partition coefficient (Wildman–Crippen LogP) is -0.627. The van der Waals surface area contributed by atoms with Gasteiger partial charge in [-0.2, -0.15) is 0 Å². The molecular formula is C9H14N2O2. The van der Waals surface area contributed by atoms with Gasteiger partial charge in [-0.1, -0.05) is 12.2 Å². The highest BCUT2D eigenvalue weighted by Crippen LogP contribution is 2.04. The Morgan fingerprint density at radius 3 is 2.85 bits per heavy atom. The van der Waals surface area contributed by atoms with E-state index in [9.17, 15) is 4.79 Å². The zero-order valence-corrected chi connectivity index (χ0v) is 7.53. The van der Waals surface area contributed by atoms with E-state index in [1.165, 1.54) is 0 Å². The maximum absolute atomic E-state index is 11.7. The largest absolute Gasteiger partial charge is 0.378 e. The molecule has 1 fully saturated rings. The van der Waals surface area contributed by atoms with Crippen molar-refractivity contribution in [1.29, 1.82) is 0 Å². The summed E-state index contributed by atoms with van der Waals surface area (Å²) in [4.78, 5) is 13.6. The molecule has 2 aliphatic rings. The molecule has 4 heteroatoms. The van der Waals surface area contributed by atoms with E-state index in [1.54, 1.807) is 0 Å². The van der Waals surface area contributed by atoms with Crippen molar-refractivity contribution in [1.82, 2.24) is 10.2 Å². The van der Waals surface area contributed by atoms with Crippen LogP contribution < -0.4 is 5.32 Å². The molecule has 0 saturated carbocycles. The number of morpholine rings is 1. The van der Waals surface area contributed by atoms with Gasteiger partial charge >= 0.3 is 0 Å². The van der Waals surface area contributed by atoms with Crippen molar-refractivity contribution in [3.05, 3.63) is 12.2 Å². The second kappa shape index (κ2) is 3.89. The number of hydrogen-bond donors (Lipinski definition) is 1. The van der Waals surface area contributed by atoms with Crippen LogP contribution >= 0.6 is 0 Å². The van der Waals surface area contributed by atoms with Crippen LogP contribution in [0.25, 0.3) is 0 Å². The van der Waals surface area contributed by atoms with Crippen LogP contribution in [0, 0.1) is 0 Å². The smallest absolute Gasteiger partial charge is 0.242 e. The summed E-state index contributed by atoms with van der Waals surface area (Å²) >= 11 is 0. The highest BCUT2D eigenvalue weighted by atomic mass is 16.5. The van der Waals surface area contributed by atoms with Crippen LogP contribution in [-0.2, 0) is 9.53 Å². The van der Waals surface area contributed by atoms with Crippen LogP contribution in [0.5, 0.6) is 0 Å². The number of ether oxygens (including phenoxy) is 1. The van der Waals surface area contributed by atoms with Gasteiger partial charge in [0.05, 0.1) is 13.2 Å². The Balaban J connectivity index is 1.88. The normalized spacial score (nSPS) is 28.0. The number of amides is 1. The van der Waals surface area contributed by atoms with Crippen molar-refractivity contribution < 1.29 is 9.53 Å². The van der Waals surface area contributed by atoms with Crippen molar-refractivity contribution in [2.24, 2.45) is 0 Å². The minimum atomic E-state index is -0.131. The monoisotopic (exact) mass is 182 g/mol. The Labute approximate surface area is 77.5 Å². The van der Waals surface area contributed by atoms with Gasteiger partial charge in [0.2, 0.25) is 5.91 Å². The summed E-state index contributed by atoms with van der Waals surface area (Å²) in [5, 5.41) is 3.15. The number of rotatable bonds is 1. The molecular weight excluding hydrogens is 168 g/mol. The molecule has 0 spiro atoms. The van der Waals surface area contributed by atoms with Crippen LogP contribution in [-0.4, -0.2) is 49.7 Å². The summed E-state index contributed by atoms with van der Waals surface area (Å²) in [6.45, 7) is 3.49. The molecule has 1 unspecified atom stereocenters. The first-order chi connectivity index (χ1) is 6.38. The zero-order chi connectivity index (χ0) is 9.10. The van der Waals surface area contributed by atoms with Crippen molar-refractivity contribution in [2.45, 2.75) is 6.04 Å². The van der Waals surface area contributed by atoms with E-state index in [0.29, 0.717) is 13.2 Å². The molecule has 1 amide bonds. The van der Waals surface area contributed by atoms with Gasteiger partial charge in [-0.25, -0.2) is 0 Å². The van der Waals surface area contributed by atoms with Crippen molar-refractivity contribution in [3.63, 3.8) is 0 Å². The number of carbonyl (C=O) groups excluding carboxylic acids is 1. The molecule has 0 aliphatic carbocycles. The molecule has 13 heavy (non-hydrogen) atoms. The average molecular weight is 182 g/mol. The second-order valence-corrected chi connectivity index (χ2v) is 3.30. The molecule has 72 valence electrons. The van der Waals surface area contributed by atoms with E-state index >= 15 is 0 Å². The molecule has 2 aliphatic heterocycles. The topological polar surface area (TPSA) is 41.6 Å². The number of nitrogens with zero attached hydrogens (tertiary/aromatic N) is 1. The third kappa shape index (κ3) is 1.89. The maximum Gasteiger partial charge on any atom is 0.242 e. The predicted molar refractivity (Wildman–Crippen MR) is 48.3 cm³/mol. The number of hydrogen-bond acceptors (Lipinski definition) is 3. The molecule has 0 aromatic rings. The first kappa shape index (κ1) is 8.72. The number of carbonyl (C=O) groups is 1. The van der Waals surface area contributed by atoms with Crippen LogP contribution in [0.3, 0.4) is 0 Å². The molecule has 2 heterocycles. The molecule has 0 aromatic heterocycles. The quantitative estimate of drug-likeness (QED) is 0.549. The molecule has 0 bridgehead atoms. The fourth-order valence-corrected chi connectivity index (χ4v) is 1.60. The minimum absolute atomic E-state index is 0.131. The first-order valence-electron chi connectivity index (χ1n) is 4.63. The second-order valence-electron chi connectivity index (χ2n) is 3.30. The van der Waals surface area contributed by atoms with Gasteiger partial charge in [0.25, 0.3) is 0 Å². The Morgan fingerprint density at radius 1 is 1.46 bits per heavy atom. The van der Waals surface area contributed by atoms with E-state index in [0.717, 1.165) is 19.6 Å². The fourth-order valence-electron chi connectivity index (χ4n) is 1.60. The standard InChI is InChI=1S/C9H14N2O2/c12-9(11-4-1-2-5-11)8-7-13-6-3-10-8/h1-2,8,10H,3-7H2. The molecule has 2 rings (SSSR count). The lowest BCUT2D eigenvalue weighted by Crippen LogP contribution is -2.52. The summed E-state index contributed by atoms with van der Waals surface area (Å²) in [7, 11) is 0. The van der Waals surface area contributed by atoms with E-state index in [2.05, 4.69) is 5.32 Å². The van der Waals surface area contributed by atoms with Gasteiger partial charge < -0.3 is 15.0 Å². The van der Waals surface area contributed by atoms with Crippen molar-refractivity contribution in [2.75, 3.05) is 32.8 Å². The van der Waals surface area contributed by atoms with Crippen LogP contribution in [0.1, 0.15) is 0 Å². The Kier molecular flexibility index (Phi) is 2.61. The Hall–Kier alpha value is -0.870. The van der Waals surface area contributed by atoms with Crippen LogP contribution in [0.2, 0.25) is 0 Å². The van der Waals surface area contributed by atoms with Crippen molar-refractivity contribution in [3.8, 4) is 0 Å². The molecule has 1 atom stereocenters. The van der Waals surface area contributed by atoms with Crippen molar-refractivity contribution >= 4 is 5.91 Å².